The molecule has 0 bridgehead atoms. The Labute approximate surface area is 132 Å². The van der Waals surface area contributed by atoms with Gasteiger partial charge < -0.3 is 10.1 Å². The van der Waals surface area contributed by atoms with Gasteiger partial charge in [0.2, 0.25) is 0 Å². The van der Waals surface area contributed by atoms with Crippen molar-refractivity contribution in [3.8, 4) is 5.75 Å². The van der Waals surface area contributed by atoms with E-state index in [2.05, 4.69) is 17.4 Å². The first kappa shape index (κ1) is 16.1. The third-order valence-corrected chi connectivity index (χ3v) is 3.49. The molecule has 2 aromatic carbocycles. The molecule has 2 aromatic rings. The standard InChI is InChI=1S/C19H23NO2/c1-3-18(22-17-11-7-8-15(2)14-17)19(21)20-13-12-16-9-5-4-6-10-16/h4-11,14,18H,3,12-13H2,1-2H3,(H,20,21)/t18-/m0/s1. The average molecular weight is 297 g/mol. The first-order valence-corrected chi connectivity index (χ1v) is 7.74. The lowest BCUT2D eigenvalue weighted by Gasteiger charge is -2.17. The fourth-order valence-electron chi connectivity index (χ4n) is 2.26. The van der Waals surface area contributed by atoms with Gasteiger partial charge in [0.15, 0.2) is 6.10 Å². The Morgan fingerprint density at radius 3 is 2.59 bits per heavy atom. The highest BCUT2D eigenvalue weighted by molar-refractivity contribution is 5.81. The summed E-state index contributed by atoms with van der Waals surface area (Å²) in [6.45, 7) is 4.58. The van der Waals surface area contributed by atoms with E-state index in [0.29, 0.717) is 13.0 Å². The maximum atomic E-state index is 12.2. The van der Waals surface area contributed by atoms with Crippen LogP contribution in [-0.4, -0.2) is 18.6 Å². The third kappa shape index (κ3) is 4.92. The molecular weight excluding hydrogens is 274 g/mol. The van der Waals surface area contributed by atoms with E-state index < -0.39 is 6.10 Å². The van der Waals surface area contributed by atoms with Gasteiger partial charge in [-0.05, 0) is 43.0 Å². The van der Waals surface area contributed by atoms with Crippen molar-refractivity contribution in [2.45, 2.75) is 32.8 Å². The molecule has 0 aromatic heterocycles. The summed E-state index contributed by atoms with van der Waals surface area (Å²) in [5, 5.41) is 2.95. The molecule has 0 unspecified atom stereocenters. The highest BCUT2D eigenvalue weighted by Crippen LogP contribution is 2.15. The van der Waals surface area contributed by atoms with Crippen LogP contribution in [0.2, 0.25) is 0 Å². The van der Waals surface area contributed by atoms with Crippen molar-refractivity contribution in [1.82, 2.24) is 5.32 Å². The molecule has 0 heterocycles. The molecule has 3 heteroatoms. The number of benzene rings is 2. The van der Waals surface area contributed by atoms with Crippen molar-refractivity contribution >= 4 is 5.91 Å². The predicted molar refractivity (Wildman–Crippen MR) is 89.0 cm³/mol. The molecule has 1 atom stereocenters. The van der Waals surface area contributed by atoms with Crippen molar-refractivity contribution in [2.24, 2.45) is 0 Å². The minimum atomic E-state index is -0.447. The topological polar surface area (TPSA) is 38.3 Å². The highest BCUT2D eigenvalue weighted by Gasteiger charge is 2.17. The minimum absolute atomic E-state index is 0.0556. The number of ether oxygens (including phenoxy) is 1. The quantitative estimate of drug-likeness (QED) is 0.849. The third-order valence-electron chi connectivity index (χ3n) is 3.49. The van der Waals surface area contributed by atoms with Crippen LogP contribution < -0.4 is 10.1 Å². The molecule has 0 aliphatic carbocycles. The van der Waals surface area contributed by atoms with Gasteiger partial charge in [-0.2, -0.15) is 0 Å². The minimum Gasteiger partial charge on any atom is -0.481 e. The van der Waals surface area contributed by atoms with E-state index in [1.165, 1.54) is 5.56 Å². The van der Waals surface area contributed by atoms with Gasteiger partial charge in [0.25, 0.3) is 5.91 Å². The highest BCUT2D eigenvalue weighted by atomic mass is 16.5. The Morgan fingerprint density at radius 2 is 1.91 bits per heavy atom. The zero-order chi connectivity index (χ0) is 15.8. The molecule has 2 rings (SSSR count). The Bertz CT molecular complexity index is 595. The molecule has 0 saturated heterocycles. The van der Waals surface area contributed by atoms with E-state index in [-0.39, 0.29) is 5.91 Å². The first-order chi connectivity index (χ1) is 10.7. The van der Waals surface area contributed by atoms with Gasteiger partial charge in [-0.25, -0.2) is 0 Å². The molecule has 116 valence electrons. The summed E-state index contributed by atoms with van der Waals surface area (Å²) < 4.78 is 5.80. The van der Waals surface area contributed by atoms with Crippen LogP contribution in [-0.2, 0) is 11.2 Å². The summed E-state index contributed by atoms with van der Waals surface area (Å²) in [5.41, 5.74) is 2.34. The van der Waals surface area contributed by atoms with Gasteiger partial charge >= 0.3 is 0 Å². The second-order valence-electron chi connectivity index (χ2n) is 5.36. The van der Waals surface area contributed by atoms with E-state index in [1.54, 1.807) is 0 Å². The van der Waals surface area contributed by atoms with Crippen LogP contribution in [0.1, 0.15) is 24.5 Å². The molecule has 1 amide bonds. The molecule has 3 nitrogen and oxygen atoms in total. The van der Waals surface area contributed by atoms with Gasteiger partial charge in [0.1, 0.15) is 5.75 Å². The lowest BCUT2D eigenvalue weighted by Crippen LogP contribution is -2.38. The number of aryl methyl sites for hydroxylation is 1. The van der Waals surface area contributed by atoms with Crippen LogP contribution in [0.25, 0.3) is 0 Å². The van der Waals surface area contributed by atoms with E-state index in [9.17, 15) is 4.79 Å². The van der Waals surface area contributed by atoms with E-state index in [0.717, 1.165) is 17.7 Å². The van der Waals surface area contributed by atoms with Crippen molar-refractivity contribution < 1.29 is 9.53 Å². The first-order valence-electron chi connectivity index (χ1n) is 7.74. The lowest BCUT2D eigenvalue weighted by atomic mass is 10.1. The molecule has 0 saturated carbocycles. The number of rotatable bonds is 7. The molecule has 0 spiro atoms. The van der Waals surface area contributed by atoms with Crippen LogP contribution in [0.15, 0.2) is 54.6 Å². The van der Waals surface area contributed by atoms with Crippen LogP contribution in [0.3, 0.4) is 0 Å². The van der Waals surface area contributed by atoms with Gasteiger partial charge in [-0.15, -0.1) is 0 Å². The lowest BCUT2D eigenvalue weighted by molar-refractivity contribution is -0.128. The fourth-order valence-corrected chi connectivity index (χ4v) is 2.26. The van der Waals surface area contributed by atoms with Gasteiger partial charge in [-0.3, -0.25) is 4.79 Å². The summed E-state index contributed by atoms with van der Waals surface area (Å²) in [5.74, 6) is 0.685. The Hall–Kier alpha value is -2.29. The zero-order valence-corrected chi connectivity index (χ0v) is 13.2. The molecule has 1 N–H and O–H groups in total. The number of carbonyl (C=O) groups excluding carboxylic acids is 1. The number of hydrogen-bond donors (Lipinski definition) is 1. The van der Waals surface area contributed by atoms with Crippen molar-refractivity contribution in [3.63, 3.8) is 0 Å². The van der Waals surface area contributed by atoms with E-state index in [4.69, 9.17) is 4.74 Å². The smallest absolute Gasteiger partial charge is 0.261 e. The Morgan fingerprint density at radius 1 is 1.14 bits per heavy atom. The molecule has 22 heavy (non-hydrogen) atoms. The van der Waals surface area contributed by atoms with Crippen LogP contribution in [0.5, 0.6) is 5.75 Å². The summed E-state index contributed by atoms with van der Waals surface area (Å²) in [6, 6.07) is 17.9. The van der Waals surface area contributed by atoms with E-state index >= 15 is 0 Å². The van der Waals surface area contributed by atoms with Crippen molar-refractivity contribution in [1.29, 1.82) is 0 Å². The second kappa shape index (κ2) is 8.23. The summed E-state index contributed by atoms with van der Waals surface area (Å²) in [7, 11) is 0. The number of nitrogens with one attached hydrogen (secondary N) is 1. The van der Waals surface area contributed by atoms with E-state index in [1.807, 2.05) is 56.3 Å². The van der Waals surface area contributed by atoms with Crippen LogP contribution >= 0.6 is 0 Å². The average Bonchev–Trinajstić information content (AvgIpc) is 2.53. The second-order valence-corrected chi connectivity index (χ2v) is 5.36. The van der Waals surface area contributed by atoms with Crippen molar-refractivity contribution in [3.05, 3.63) is 65.7 Å². The van der Waals surface area contributed by atoms with Crippen LogP contribution in [0, 0.1) is 6.92 Å². The monoisotopic (exact) mass is 297 g/mol. The van der Waals surface area contributed by atoms with Gasteiger partial charge in [-0.1, -0.05) is 49.4 Å². The summed E-state index contributed by atoms with van der Waals surface area (Å²) in [4.78, 5) is 12.2. The maximum Gasteiger partial charge on any atom is 0.261 e. The Kier molecular flexibility index (Phi) is 6.01. The maximum absolute atomic E-state index is 12.2. The number of hydrogen-bond acceptors (Lipinski definition) is 2. The molecule has 0 aliphatic rings. The number of carbonyl (C=O) groups is 1. The summed E-state index contributed by atoms with van der Waals surface area (Å²) in [6.07, 6.45) is 1.02. The largest absolute Gasteiger partial charge is 0.481 e. The molecule has 0 aliphatic heterocycles. The van der Waals surface area contributed by atoms with Gasteiger partial charge in [0.05, 0.1) is 0 Å². The number of amides is 1. The van der Waals surface area contributed by atoms with Gasteiger partial charge in [0, 0.05) is 6.54 Å². The van der Waals surface area contributed by atoms with Crippen LogP contribution in [0.4, 0.5) is 0 Å². The SMILES string of the molecule is CC[C@H](Oc1cccc(C)c1)C(=O)NCCc1ccccc1. The van der Waals surface area contributed by atoms with Crippen molar-refractivity contribution in [2.75, 3.05) is 6.54 Å². The fraction of sp³-hybridized carbons (Fsp3) is 0.316. The normalized spacial score (nSPS) is 11.7. The summed E-state index contributed by atoms with van der Waals surface area (Å²) >= 11 is 0. The molecule has 0 fully saturated rings. The molecule has 0 radical (unpaired) electrons. The Balaban J connectivity index is 1.84. The predicted octanol–water partition coefficient (Wildman–Crippen LogP) is 3.51. The zero-order valence-electron chi connectivity index (χ0n) is 13.2. The molecular formula is C19H23NO2.